The first-order valence-corrected chi connectivity index (χ1v) is 8.98. The molecule has 132 valence electrons. The molecular weight excluding hydrogens is 324 g/mol. The smallest absolute Gasteiger partial charge is 0.119 e. The number of ether oxygens (including phenoxy) is 1. The van der Waals surface area contributed by atoms with Crippen molar-refractivity contribution in [3.05, 3.63) is 60.4 Å². The molecule has 0 bridgehead atoms. The molecule has 0 unspecified atom stereocenters. The van der Waals surface area contributed by atoms with Crippen LogP contribution in [-0.2, 0) is 0 Å². The van der Waals surface area contributed by atoms with Crippen molar-refractivity contribution >= 4 is 27.5 Å². The Labute approximate surface area is 152 Å². The summed E-state index contributed by atoms with van der Waals surface area (Å²) in [4.78, 5) is 6.42. The van der Waals surface area contributed by atoms with E-state index in [-0.39, 0.29) is 0 Å². The molecule has 0 aliphatic rings. The summed E-state index contributed by atoms with van der Waals surface area (Å²) < 4.78 is 5.72. The minimum Gasteiger partial charge on any atom is -0.494 e. The SMILES string of the molecule is CCCCOc1ccc(Nn2ncc3ccc4nc(C)ccc4c32)cc1. The molecular formula is C21H22N4O. The van der Waals surface area contributed by atoms with E-state index in [4.69, 9.17) is 4.74 Å². The van der Waals surface area contributed by atoms with Gasteiger partial charge >= 0.3 is 0 Å². The second-order valence-corrected chi connectivity index (χ2v) is 6.42. The van der Waals surface area contributed by atoms with Crippen LogP contribution >= 0.6 is 0 Å². The van der Waals surface area contributed by atoms with E-state index in [2.05, 4.69) is 34.6 Å². The molecule has 1 N–H and O–H groups in total. The number of pyridine rings is 1. The molecule has 4 rings (SSSR count). The molecule has 2 heterocycles. The number of hydrogen-bond donors (Lipinski definition) is 1. The van der Waals surface area contributed by atoms with E-state index in [1.807, 2.05) is 54.3 Å². The van der Waals surface area contributed by atoms with Crippen LogP contribution in [0.25, 0.3) is 21.8 Å². The fourth-order valence-electron chi connectivity index (χ4n) is 2.99. The molecule has 0 saturated heterocycles. The summed E-state index contributed by atoms with van der Waals surface area (Å²) in [5.74, 6) is 0.888. The van der Waals surface area contributed by atoms with Crippen molar-refractivity contribution in [1.82, 2.24) is 14.9 Å². The molecule has 2 aromatic heterocycles. The number of nitrogens with zero attached hydrogens (tertiary/aromatic N) is 3. The van der Waals surface area contributed by atoms with Gasteiger partial charge in [0.1, 0.15) is 11.3 Å². The third-order valence-corrected chi connectivity index (χ3v) is 4.39. The standard InChI is InChI=1S/C21H22N4O/c1-3-4-13-26-18-9-7-17(8-10-18)24-25-21-16(14-22-25)6-12-20-19(21)11-5-15(2)23-20/h5-12,14,24H,3-4,13H2,1-2H3. The molecule has 5 heteroatoms. The number of aryl methyl sites for hydroxylation is 1. The summed E-state index contributed by atoms with van der Waals surface area (Å²) >= 11 is 0. The lowest BCUT2D eigenvalue weighted by atomic mass is 10.1. The van der Waals surface area contributed by atoms with Gasteiger partial charge in [-0.25, -0.2) is 0 Å². The number of hydrogen-bond acceptors (Lipinski definition) is 4. The van der Waals surface area contributed by atoms with Crippen molar-refractivity contribution in [3.63, 3.8) is 0 Å². The Morgan fingerprint density at radius 3 is 2.69 bits per heavy atom. The molecule has 0 atom stereocenters. The monoisotopic (exact) mass is 346 g/mol. The normalized spacial score (nSPS) is 11.2. The number of rotatable bonds is 6. The first-order valence-electron chi connectivity index (χ1n) is 8.98. The van der Waals surface area contributed by atoms with Crippen LogP contribution in [-0.4, -0.2) is 21.5 Å². The van der Waals surface area contributed by atoms with Gasteiger partial charge in [0.15, 0.2) is 0 Å². The Morgan fingerprint density at radius 1 is 1.04 bits per heavy atom. The highest BCUT2D eigenvalue weighted by Crippen LogP contribution is 2.25. The number of aromatic nitrogens is 3. The molecule has 0 radical (unpaired) electrons. The number of anilines is 1. The number of nitrogens with one attached hydrogen (secondary N) is 1. The Morgan fingerprint density at radius 2 is 1.88 bits per heavy atom. The van der Waals surface area contributed by atoms with E-state index in [9.17, 15) is 0 Å². The largest absolute Gasteiger partial charge is 0.494 e. The zero-order valence-corrected chi connectivity index (χ0v) is 15.1. The number of benzene rings is 2. The van der Waals surface area contributed by atoms with Gasteiger partial charge in [0.2, 0.25) is 0 Å². The third-order valence-electron chi connectivity index (χ3n) is 4.39. The molecule has 0 spiro atoms. The highest BCUT2D eigenvalue weighted by Gasteiger charge is 2.09. The molecule has 26 heavy (non-hydrogen) atoms. The summed E-state index contributed by atoms with van der Waals surface area (Å²) in [5, 5.41) is 6.65. The molecule has 0 saturated carbocycles. The molecule has 2 aromatic carbocycles. The van der Waals surface area contributed by atoms with Crippen LogP contribution in [0.1, 0.15) is 25.5 Å². The predicted molar refractivity (Wildman–Crippen MR) is 106 cm³/mol. The summed E-state index contributed by atoms with van der Waals surface area (Å²) in [6, 6.07) is 16.2. The van der Waals surface area contributed by atoms with Gasteiger partial charge in [-0.05, 0) is 61.9 Å². The molecule has 0 aliphatic heterocycles. The van der Waals surface area contributed by atoms with E-state index in [0.717, 1.165) is 58.4 Å². The second kappa shape index (κ2) is 7.04. The second-order valence-electron chi connectivity index (χ2n) is 6.42. The number of fused-ring (bicyclic) bond motifs is 3. The first kappa shape index (κ1) is 16.4. The van der Waals surface area contributed by atoms with Gasteiger partial charge < -0.3 is 4.74 Å². The Balaban J connectivity index is 1.63. The van der Waals surface area contributed by atoms with Crippen LogP contribution in [0.15, 0.2) is 54.7 Å². The predicted octanol–water partition coefficient (Wildman–Crippen LogP) is 4.95. The summed E-state index contributed by atoms with van der Waals surface area (Å²) in [6.45, 7) is 4.92. The zero-order chi connectivity index (χ0) is 17.9. The highest BCUT2D eigenvalue weighted by molar-refractivity contribution is 6.04. The van der Waals surface area contributed by atoms with E-state index in [0.29, 0.717) is 0 Å². The van der Waals surface area contributed by atoms with Gasteiger partial charge in [-0.1, -0.05) is 13.3 Å². The number of unbranched alkanes of at least 4 members (excludes halogenated alkanes) is 1. The van der Waals surface area contributed by atoms with Crippen LogP contribution < -0.4 is 10.2 Å². The fourth-order valence-corrected chi connectivity index (χ4v) is 2.99. The summed E-state index contributed by atoms with van der Waals surface area (Å²) in [6.07, 6.45) is 4.07. The molecule has 4 aromatic rings. The highest BCUT2D eigenvalue weighted by atomic mass is 16.5. The van der Waals surface area contributed by atoms with E-state index in [1.54, 1.807) is 0 Å². The van der Waals surface area contributed by atoms with Crippen LogP contribution in [0.3, 0.4) is 0 Å². The van der Waals surface area contributed by atoms with Gasteiger partial charge in [-0.2, -0.15) is 9.89 Å². The lowest BCUT2D eigenvalue weighted by Crippen LogP contribution is -2.10. The van der Waals surface area contributed by atoms with Crippen molar-refractivity contribution in [3.8, 4) is 5.75 Å². The van der Waals surface area contributed by atoms with Crippen LogP contribution in [0, 0.1) is 6.92 Å². The Kier molecular flexibility index (Phi) is 4.44. The topological polar surface area (TPSA) is 52.0 Å². The minimum absolute atomic E-state index is 0.755. The Hall–Kier alpha value is -3.08. The van der Waals surface area contributed by atoms with E-state index < -0.39 is 0 Å². The first-order chi connectivity index (χ1) is 12.7. The van der Waals surface area contributed by atoms with Crippen molar-refractivity contribution in [2.45, 2.75) is 26.7 Å². The van der Waals surface area contributed by atoms with E-state index in [1.165, 1.54) is 0 Å². The molecule has 0 aliphatic carbocycles. The maximum Gasteiger partial charge on any atom is 0.119 e. The lowest BCUT2D eigenvalue weighted by molar-refractivity contribution is 0.309. The van der Waals surface area contributed by atoms with Gasteiger partial charge in [0.25, 0.3) is 0 Å². The molecule has 0 amide bonds. The van der Waals surface area contributed by atoms with Crippen molar-refractivity contribution in [1.29, 1.82) is 0 Å². The molecule has 0 fully saturated rings. The van der Waals surface area contributed by atoms with Crippen LogP contribution in [0.5, 0.6) is 5.75 Å². The maximum atomic E-state index is 5.72. The summed E-state index contributed by atoms with van der Waals surface area (Å²) in [5.41, 5.74) is 7.31. The minimum atomic E-state index is 0.755. The summed E-state index contributed by atoms with van der Waals surface area (Å²) in [7, 11) is 0. The van der Waals surface area contributed by atoms with Crippen LogP contribution in [0.2, 0.25) is 0 Å². The zero-order valence-electron chi connectivity index (χ0n) is 15.1. The quantitative estimate of drug-likeness (QED) is 0.502. The van der Waals surface area contributed by atoms with Crippen molar-refractivity contribution in [2.75, 3.05) is 12.0 Å². The lowest BCUT2D eigenvalue weighted by Gasteiger charge is -2.10. The Bertz CT molecular complexity index is 1040. The third kappa shape index (κ3) is 3.20. The van der Waals surface area contributed by atoms with Gasteiger partial charge in [0, 0.05) is 16.5 Å². The van der Waals surface area contributed by atoms with Gasteiger partial charge in [-0.3, -0.25) is 10.4 Å². The van der Waals surface area contributed by atoms with Gasteiger partial charge in [0.05, 0.1) is 24.0 Å². The molecule has 5 nitrogen and oxygen atoms in total. The van der Waals surface area contributed by atoms with E-state index >= 15 is 0 Å². The van der Waals surface area contributed by atoms with Gasteiger partial charge in [-0.15, -0.1) is 0 Å². The van der Waals surface area contributed by atoms with Crippen molar-refractivity contribution in [2.24, 2.45) is 0 Å². The van der Waals surface area contributed by atoms with Crippen molar-refractivity contribution < 1.29 is 4.74 Å². The average molecular weight is 346 g/mol. The average Bonchev–Trinajstić information content (AvgIpc) is 3.06. The fraction of sp³-hybridized carbons (Fsp3) is 0.238. The van der Waals surface area contributed by atoms with Crippen LogP contribution in [0.4, 0.5) is 5.69 Å². The maximum absolute atomic E-state index is 5.72.